The fraction of sp³-hybridized carbons (Fsp3) is 0. The fourth-order valence-electron chi connectivity index (χ4n) is 6.64. The van der Waals surface area contributed by atoms with Crippen molar-refractivity contribution in [3.63, 3.8) is 0 Å². The van der Waals surface area contributed by atoms with E-state index in [2.05, 4.69) is 156 Å². The van der Waals surface area contributed by atoms with Crippen LogP contribution in [0.1, 0.15) is 0 Å². The van der Waals surface area contributed by atoms with E-state index in [1.165, 1.54) is 55.2 Å². The zero-order chi connectivity index (χ0) is 29.0. The Bertz CT molecular complexity index is 2480. The third kappa shape index (κ3) is 3.96. The van der Waals surface area contributed by atoms with Crippen molar-refractivity contribution in [3.8, 4) is 39.1 Å². The number of hydrogen-bond acceptors (Lipinski definition) is 1. The predicted molar refractivity (Wildman–Crippen MR) is 184 cm³/mol. The maximum absolute atomic E-state index is 6.05. The van der Waals surface area contributed by atoms with E-state index < -0.39 is 0 Å². The number of benzene rings is 7. The molecule has 0 aliphatic carbocycles. The van der Waals surface area contributed by atoms with Crippen LogP contribution in [0.3, 0.4) is 0 Å². The Morgan fingerprint density at radius 1 is 0.318 bits per heavy atom. The Morgan fingerprint density at radius 3 is 1.73 bits per heavy atom. The van der Waals surface area contributed by atoms with Crippen LogP contribution >= 0.6 is 0 Å². The van der Waals surface area contributed by atoms with Gasteiger partial charge in [-0.3, -0.25) is 0 Å². The maximum atomic E-state index is 6.05. The van der Waals surface area contributed by atoms with Crippen molar-refractivity contribution in [1.29, 1.82) is 0 Å². The van der Waals surface area contributed by atoms with Gasteiger partial charge in [0.15, 0.2) is 0 Å². The van der Waals surface area contributed by atoms with Gasteiger partial charge in [0.05, 0.1) is 11.0 Å². The zero-order valence-corrected chi connectivity index (χ0v) is 23.9. The molecule has 206 valence electrons. The molecule has 0 radical (unpaired) electrons. The standard InChI is InChI=1S/C42H27NO/c1-2-9-28(10-3-1)31-11-8-12-34(25-31)43-39-15-6-4-13-35(39)36-23-21-33(27-40(36)43)30-19-17-29(18-20-30)32-22-24-42-38(26-32)37-14-5-7-16-41(37)44-42/h1-27H. The van der Waals surface area contributed by atoms with Gasteiger partial charge in [0.25, 0.3) is 0 Å². The van der Waals surface area contributed by atoms with Crippen LogP contribution in [0.5, 0.6) is 0 Å². The highest BCUT2D eigenvalue weighted by Gasteiger charge is 2.14. The summed E-state index contributed by atoms with van der Waals surface area (Å²) in [4.78, 5) is 0. The van der Waals surface area contributed by atoms with E-state index in [0.717, 1.165) is 27.6 Å². The molecule has 9 aromatic rings. The lowest BCUT2D eigenvalue weighted by molar-refractivity contribution is 0.669. The quantitative estimate of drug-likeness (QED) is 0.209. The van der Waals surface area contributed by atoms with Crippen LogP contribution < -0.4 is 0 Å². The molecule has 0 fully saturated rings. The first-order valence-electron chi connectivity index (χ1n) is 15.0. The Hall–Kier alpha value is -5.86. The smallest absolute Gasteiger partial charge is 0.135 e. The van der Waals surface area contributed by atoms with Crippen LogP contribution in [0.2, 0.25) is 0 Å². The molecule has 0 spiro atoms. The first-order chi connectivity index (χ1) is 21.8. The van der Waals surface area contributed by atoms with Crippen molar-refractivity contribution in [2.45, 2.75) is 0 Å². The lowest BCUT2D eigenvalue weighted by atomic mass is 9.98. The van der Waals surface area contributed by atoms with E-state index in [1.54, 1.807) is 0 Å². The first kappa shape index (κ1) is 24.7. The molecule has 0 unspecified atom stereocenters. The molecular weight excluding hydrogens is 534 g/mol. The summed E-state index contributed by atoms with van der Waals surface area (Å²) in [6.07, 6.45) is 0. The predicted octanol–water partition coefficient (Wildman–Crippen LogP) is 11.7. The number of para-hydroxylation sites is 2. The molecule has 0 saturated carbocycles. The minimum Gasteiger partial charge on any atom is -0.456 e. The number of aromatic nitrogens is 1. The summed E-state index contributed by atoms with van der Waals surface area (Å²) >= 11 is 0. The summed E-state index contributed by atoms with van der Waals surface area (Å²) in [5, 5.41) is 4.82. The second kappa shape index (κ2) is 9.86. The molecule has 0 atom stereocenters. The van der Waals surface area contributed by atoms with Gasteiger partial charge in [-0.15, -0.1) is 0 Å². The molecular formula is C42H27NO. The van der Waals surface area contributed by atoms with Crippen LogP contribution in [0.15, 0.2) is 168 Å². The second-order valence-electron chi connectivity index (χ2n) is 11.4. The van der Waals surface area contributed by atoms with Gasteiger partial charge in [0.2, 0.25) is 0 Å². The molecule has 0 amide bonds. The van der Waals surface area contributed by atoms with E-state index in [4.69, 9.17) is 4.42 Å². The van der Waals surface area contributed by atoms with Gasteiger partial charge in [0, 0.05) is 27.2 Å². The Labute approximate surface area is 255 Å². The second-order valence-corrected chi connectivity index (χ2v) is 11.4. The molecule has 0 aliphatic heterocycles. The highest BCUT2D eigenvalue weighted by Crippen LogP contribution is 2.37. The highest BCUT2D eigenvalue weighted by molar-refractivity contribution is 6.10. The third-order valence-corrected chi connectivity index (χ3v) is 8.81. The van der Waals surface area contributed by atoms with Crippen LogP contribution in [-0.4, -0.2) is 4.57 Å². The molecule has 2 aromatic heterocycles. The zero-order valence-electron chi connectivity index (χ0n) is 23.9. The van der Waals surface area contributed by atoms with E-state index in [9.17, 15) is 0 Å². The molecule has 9 rings (SSSR count). The summed E-state index contributed by atoms with van der Waals surface area (Å²) in [5.41, 5.74) is 12.6. The Balaban J connectivity index is 1.14. The Morgan fingerprint density at radius 2 is 0.886 bits per heavy atom. The monoisotopic (exact) mass is 561 g/mol. The van der Waals surface area contributed by atoms with Crippen molar-refractivity contribution in [3.05, 3.63) is 164 Å². The van der Waals surface area contributed by atoms with Crippen molar-refractivity contribution in [2.75, 3.05) is 0 Å². The summed E-state index contributed by atoms with van der Waals surface area (Å²) in [5.74, 6) is 0. The van der Waals surface area contributed by atoms with Gasteiger partial charge in [0.1, 0.15) is 11.2 Å². The van der Waals surface area contributed by atoms with E-state index in [-0.39, 0.29) is 0 Å². The maximum Gasteiger partial charge on any atom is 0.135 e. The Kier molecular flexibility index (Phi) is 5.54. The van der Waals surface area contributed by atoms with Crippen molar-refractivity contribution in [2.24, 2.45) is 0 Å². The number of hydrogen-bond donors (Lipinski definition) is 0. The average Bonchev–Trinajstić information content (AvgIpc) is 3.64. The largest absolute Gasteiger partial charge is 0.456 e. The van der Waals surface area contributed by atoms with Gasteiger partial charge in [-0.2, -0.15) is 0 Å². The highest BCUT2D eigenvalue weighted by atomic mass is 16.3. The topological polar surface area (TPSA) is 18.1 Å². The lowest BCUT2D eigenvalue weighted by Gasteiger charge is -2.11. The van der Waals surface area contributed by atoms with Crippen LogP contribution in [0, 0.1) is 0 Å². The number of furan rings is 1. The average molecular weight is 562 g/mol. The van der Waals surface area contributed by atoms with Gasteiger partial charge >= 0.3 is 0 Å². The van der Waals surface area contributed by atoms with Crippen LogP contribution in [-0.2, 0) is 0 Å². The van der Waals surface area contributed by atoms with Crippen molar-refractivity contribution < 1.29 is 4.42 Å². The molecule has 0 aliphatic rings. The van der Waals surface area contributed by atoms with Crippen LogP contribution in [0.4, 0.5) is 0 Å². The van der Waals surface area contributed by atoms with Crippen molar-refractivity contribution >= 4 is 43.7 Å². The number of fused-ring (bicyclic) bond motifs is 6. The summed E-state index contributed by atoms with van der Waals surface area (Å²) < 4.78 is 8.45. The van der Waals surface area contributed by atoms with E-state index in [1.807, 2.05) is 12.1 Å². The van der Waals surface area contributed by atoms with E-state index in [0.29, 0.717) is 0 Å². The van der Waals surface area contributed by atoms with Gasteiger partial charge in [-0.25, -0.2) is 0 Å². The van der Waals surface area contributed by atoms with Crippen molar-refractivity contribution in [1.82, 2.24) is 4.57 Å². The number of nitrogens with zero attached hydrogens (tertiary/aromatic N) is 1. The van der Waals surface area contributed by atoms with Gasteiger partial charge < -0.3 is 8.98 Å². The normalized spacial score (nSPS) is 11.6. The summed E-state index contributed by atoms with van der Waals surface area (Å²) in [6, 6.07) is 58.6. The van der Waals surface area contributed by atoms with Gasteiger partial charge in [-0.05, 0) is 75.8 Å². The molecule has 7 aromatic carbocycles. The third-order valence-electron chi connectivity index (χ3n) is 8.81. The summed E-state index contributed by atoms with van der Waals surface area (Å²) in [7, 11) is 0. The minimum absolute atomic E-state index is 0.921. The molecule has 44 heavy (non-hydrogen) atoms. The summed E-state index contributed by atoms with van der Waals surface area (Å²) in [6.45, 7) is 0. The number of rotatable bonds is 4. The minimum atomic E-state index is 0.921. The van der Waals surface area contributed by atoms with Crippen LogP contribution in [0.25, 0.3) is 82.8 Å². The van der Waals surface area contributed by atoms with E-state index >= 15 is 0 Å². The fourth-order valence-corrected chi connectivity index (χ4v) is 6.64. The van der Waals surface area contributed by atoms with Gasteiger partial charge in [-0.1, -0.05) is 121 Å². The molecule has 0 N–H and O–H groups in total. The lowest BCUT2D eigenvalue weighted by Crippen LogP contribution is -1.94. The SMILES string of the molecule is c1ccc(-c2cccc(-n3c4ccccc4c4ccc(-c5ccc(-c6ccc7oc8ccccc8c7c6)cc5)cc43)c2)cc1. The molecule has 2 heterocycles. The molecule has 2 nitrogen and oxygen atoms in total. The molecule has 2 heteroatoms. The molecule has 0 bridgehead atoms. The molecule has 0 saturated heterocycles. The first-order valence-corrected chi connectivity index (χ1v) is 15.0.